The van der Waals surface area contributed by atoms with Gasteiger partial charge < -0.3 is 14.6 Å². The van der Waals surface area contributed by atoms with Gasteiger partial charge in [-0.1, -0.05) is 29.3 Å². The third-order valence-electron chi connectivity index (χ3n) is 3.86. The van der Waals surface area contributed by atoms with Crippen LogP contribution in [0.2, 0.25) is 10.0 Å². The number of hydrogen-bond acceptors (Lipinski definition) is 5. The Hall–Kier alpha value is -2.28. The lowest BCUT2D eigenvalue weighted by Gasteiger charge is -2.13. The molecular formula is C19H15Cl2NO4S. The van der Waals surface area contributed by atoms with Crippen LogP contribution in [0.4, 0.5) is 0 Å². The summed E-state index contributed by atoms with van der Waals surface area (Å²) >= 11 is 14.1. The quantitative estimate of drug-likeness (QED) is 0.566. The Balaban J connectivity index is 1.89. The van der Waals surface area contributed by atoms with E-state index in [1.54, 1.807) is 25.4 Å². The molecule has 0 saturated carbocycles. The first-order chi connectivity index (χ1) is 13.0. The van der Waals surface area contributed by atoms with Crippen LogP contribution in [0.1, 0.15) is 11.1 Å². The Morgan fingerprint density at radius 3 is 2.56 bits per heavy atom. The summed E-state index contributed by atoms with van der Waals surface area (Å²) in [4.78, 5) is 10.6. The third kappa shape index (κ3) is 4.71. The normalized spacial score (nSPS) is 10.6. The number of hydrogen-bond donors (Lipinski definition) is 1. The van der Waals surface area contributed by atoms with Crippen molar-refractivity contribution in [1.29, 1.82) is 0 Å². The maximum absolute atomic E-state index is 10.6. The standard InChI is InChI=1S/C19H15Cl2NO4S/c1-25-18-3-2-11(4-14(18)12-8-22-27-10-12)5-15-16(20)6-13(7-17(15)21)26-9-19(23)24/h2-4,6-8,10H,5,9H2,1H3,(H,23,24). The summed E-state index contributed by atoms with van der Waals surface area (Å²) < 4.78 is 14.7. The van der Waals surface area contributed by atoms with Crippen molar-refractivity contribution in [3.63, 3.8) is 0 Å². The van der Waals surface area contributed by atoms with Gasteiger partial charge in [0.15, 0.2) is 6.61 Å². The summed E-state index contributed by atoms with van der Waals surface area (Å²) in [7, 11) is 1.63. The van der Waals surface area contributed by atoms with Gasteiger partial charge in [0.25, 0.3) is 0 Å². The van der Waals surface area contributed by atoms with Gasteiger partial charge in [0, 0.05) is 39.2 Å². The van der Waals surface area contributed by atoms with Crippen molar-refractivity contribution in [3.05, 3.63) is 63.1 Å². The highest BCUT2D eigenvalue weighted by molar-refractivity contribution is 7.03. The number of nitrogens with zero attached hydrogens (tertiary/aromatic N) is 1. The molecule has 140 valence electrons. The average molecular weight is 424 g/mol. The smallest absolute Gasteiger partial charge is 0.341 e. The van der Waals surface area contributed by atoms with E-state index >= 15 is 0 Å². The predicted molar refractivity (Wildman–Crippen MR) is 107 cm³/mol. The number of methoxy groups -OCH3 is 1. The van der Waals surface area contributed by atoms with Gasteiger partial charge in [0.05, 0.1) is 7.11 Å². The second kappa shape index (κ2) is 8.61. The van der Waals surface area contributed by atoms with Crippen LogP contribution in [-0.2, 0) is 11.2 Å². The van der Waals surface area contributed by atoms with Gasteiger partial charge in [-0.05, 0) is 46.9 Å². The molecule has 3 rings (SSSR count). The average Bonchev–Trinajstić information content (AvgIpc) is 3.17. The number of ether oxygens (including phenoxy) is 2. The Morgan fingerprint density at radius 1 is 1.22 bits per heavy atom. The summed E-state index contributed by atoms with van der Waals surface area (Å²) in [5.41, 5.74) is 3.66. The molecule has 0 bridgehead atoms. The minimum Gasteiger partial charge on any atom is -0.496 e. The molecule has 8 heteroatoms. The molecule has 5 nitrogen and oxygen atoms in total. The summed E-state index contributed by atoms with van der Waals surface area (Å²) in [5.74, 6) is 0.00415. The summed E-state index contributed by atoms with van der Waals surface area (Å²) in [6, 6.07) is 9.00. The van der Waals surface area contributed by atoms with E-state index in [0.717, 1.165) is 28.0 Å². The van der Waals surface area contributed by atoms with Gasteiger partial charge in [-0.2, -0.15) is 0 Å². The molecule has 0 saturated heterocycles. The molecule has 0 fully saturated rings. The van der Waals surface area contributed by atoms with Crippen molar-refractivity contribution in [1.82, 2.24) is 4.37 Å². The topological polar surface area (TPSA) is 68.7 Å². The SMILES string of the molecule is COc1ccc(Cc2c(Cl)cc(OCC(=O)O)cc2Cl)cc1-c1cnsc1. The number of aromatic nitrogens is 1. The van der Waals surface area contributed by atoms with E-state index in [0.29, 0.717) is 22.2 Å². The number of carboxylic acid groups (broad SMARTS) is 1. The van der Waals surface area contributed by atoms with Crippen LogP contribution < -0.4 is 9.47 Å². The van der Waals surface area contributed by atoms with Crippen molar-refractivity contribution in [3.8, 4) is 22.6 Å². The summed E-state index contributed by atoms with van der Waals surface area (Å²) in [6.45, 7) is -0.456. The molecule has 3 aromatic rings. The Bertz CT molecular complexity index is 937. The van der Waals surface area contributed by atoms with E-state index in [1.165, 1.54) is 11.5 Å². The lowest BCUT2D eigenvalue weighted by Crippen LogP contribution is -2.09. The number of carbonyl (C=O) groups is 1. The van der Waals surface area contributed by atoms with Crippen LogP contribution in [0.3, 0.4) is 0 Å². The van der Waals surface area contributed by atoms with Crippen LogP contribution in [0.15, 0.2) is 41.9 Å². The van der Waals surface area contributed by atoms with Crippen LogP contribution in [0, 0.1) is 0 Å². The molecule has 0 spiro atoms. The van der Waals surface area contributed by atoms with Gasteiger partial charge in [0.2, 0.25) is 0 Å². The van der Waals surface area contributed by atoms with Crippen molar-refractivity contribution in [2.75, 3.05) is 13.7 Å². The zero-order chi connectivity index (χ0) is 19.4. The Morgan fingerprint density at radius 2 is 1.96 bits per heavy atom. The monoisotopic (exact) mass is 423 g/mol. The third-order valence-corrected chi connectivity index (χ3v) is 5.13. The first-order valence-electron chi connectivity index (χ1n) is 7.87. The summed E-state index contributed by atoms with van der Waals surface area (Å²) in [5, 5.41) is 11.5. The molecule has 0 aliphatic carbocycles. The molecule has 0 atom stereocenters. The minimum atomic E-state index is -1.07. The van der Waals surface area contributed by atoms with E-state index < -0.39 is 12.6 Å². The fraction of sp³-hybridized carbons (Fsp3) is 0.158. The predicted octanol–water partition coefficient (Wildman–Crippen LogP) is 5.18. The van der Waals surface area contributed by atoms with Crippen molar-refractivity contribution in [2.24, 2.45) is 0 Å². The molecule has 0 radical (unpaired) electrons. The fourth-order valence-electron chi connectivity index (χ4n) is 2.61. The van der Waals surface area contributed by atoms with Crippen LogP contribution in [0.5, 0.6) is 11.5 Å². The number of benzene rings is 2. The Kier molecular flexibility index (Phi) is 6.21. The van der Waals surface area contributed by atoms with Gasteiger partial charge in [-0.25, -0.2) is 9.17 Å². The highest BCUT2D eigenvalue weighted by Crippen LogP contribution is 2.35. The molecule has 0 unspecified atom stereocenters. The van der Waals surface area contributed by atoms with E-state index in [9.17, 15) is 4.79 Å². The van der Waals surface area contributed by atoms with Crippen molar-refractivity contribution in [2.45, 2.75) is 6.42 Å². The highest BCUT2D eigenvalue weighted by atomic mass is 35.5. The highest BCUT2D eigenvalue weighted by Gasteiger charge is 2.13. The molecule has 1 heterocycles. The largest absolute Gasteiger partial charge is 0.496 e. The Labute approximate surface area is 170 Å². The molecule has 1 N–H and O–H groups in total. The van der Waals surface area contributed by atoms with Gasteiger partial charge in [-0.15, -0.1) is 0 Å². The molecular weight excluding hydrogens is 409 g/mol. The number of rotatable bonds is 7. The number of aliphatic carboxylic acids is 1. The van der Waals surface area contributed by atoms with Crippen molar-refractivity contribution < 1.29 is 19.4 Å². The van der Waals surface area contributed by atoms with Gasteiger partial charge in [-0.3, -0.25) is 0 Å². The lowest BCUT2D eigenvalue weighted by molar-refractivity contribution is -0.139. The molecule has 27 heavy (non-hydrogen) atoms. The van der Waals surface area contributed by atoms with Crippen LogP contribution in [-0.4, -0.2) is 29.2 Å². The zero-order valence-corrected chi connectivity index (χ0v) is 16.6. The second-order valence-corrected chi connectivity index (χ2v) is 7.14. The fourth-order valence-corrected chi connectivity index (χ4v) is 3.75. The van der Waals surface area contributed by atoms with Gasteiger partial charge in [0.1, 0.15) is 11.5 Å². The van der Waals surface area contributed by atoms with Crippen LogP contribution in [0.25, 0.3) is 11.1 Å². The molecule has 2 aromatic carbocycles. The van der Waals surface area contributed by atoms with E-state index in [-0.39, 0.29) is 0 Å². The molecule has 1 aromatic heterocycles. The lowest BCUT2D eigenvalue weighted by atomic mass is 9.99. The van der Waals surface area contributed by atoms with E-state index in [4.69, 9.17) is 37.8 Å². The number of carboxylic acids is 1. The summed E-state index contributed by atoms with van der Waals surface area (Å²) in [6.07, 6.45) is 2.30. The van der Waals surface area contributed by atoms with Crippen LogP contribution >= 0.6 is 34.7 Å². The van der Waals surface area contributed by atoms with Gasteiger partial charge >= 0.3 is 5.97 Å². The number of halogens is 2. The molecule has 0 amide bonds. The van der Waals surface area contributed by atoms with E-state index in [1.807, 2.05) is 23.6 Å². The first-order valence-corrected chi connectivity index (χ1v) is 9.46. The second-order valence-electron chi connectivity index (χ2n) is 5.67. The molecule has 0 aliphatic heterocycles. The first kappa shape index (κ1) is 19.5. The molecule has 0 aliphatic rings. The van der Waals surface area contributed by atoms with E-state index in [2.05, 4.69) is 4.37 Å². The minimum absolute atomic E-state index is 0.316. The maximum Gasteiger partial charge on any atom is 0.341 e. The maximum atomic E-state index is 10.6. The van der Waals surface area contributed by atoms with Crippen molar-refractivity contribution >= 4 is 40.7 Å². The zero-order valence-electron chi connectivity index (χ0n) is 14.2.